The fraction of sp³-hybridized carbons (Fsp3) is 0.857. The van der Waals surface area contributed by atoms with Crippen molar-refractivity contribution in [2.75, 3.05) is 6.54 Å². The molecule has 1 atom stereocenters. The maximum atomic E-state index is 12.4. The van der Waals surface area contributed by atoms with E-state index in [0.717, 1.165) is 24.2 Å². The molecule has 4 N–H and O–H groups in total. The van der Waals surface area contributed by atoms with Gasteiger partial charge in [0.1, 0.15) is 5.60 Å². The van der Waals surface area contributed by atoms with E-state index in [1.54, 1.807) is 20.8 Å². The second-order valence-electron chi connectivity index (χ2n) is 6.47. The standard InChI is InChI=1S/C14H26N2O5/c1-13(2,3)21-12(19)16(10-7-5-4-6-8-10)14(20,9-15)11(17)18/h10,20H,4-9,15H2,1-3H3,(H,17,18)/t14-/m1/s1. The predicted octanol–water partition coefficient (Wildman–Crippen LogP) is 1.29. The van der Waals surface area contributed by atoms with Crippen molar-refractivity contribution in [3.05, 3.63) is 0 Å². The van der Waals surface area contributed by atoms with Crippen molar-refractivity contribution in [3.63, 3.8) is 0 Å². The van der Waals surface area contributed by atoms with Crippen molar-refractivity contribution in [1.82, 2.24) is 4.90 Å². The second kappa shape index (κ2) is 6.62. The molecule has 122 valence electrons. The molecule has 0 bridgehead atoms. The molecule has 0 aromatic rings. The number of nitrogens with two attached hydrogens (primary N) is 1. The van der Waals surface area contributed by atoms with Crippen molar-refractivity contribution in [1.29, 1.82) is 0 Å². The molecule has 7 heteroatoms. The summed E-state index contributed by atoms with van der Waals surface area (Å²) in [7, 11) is 0. The second-order valence-corrected chi connectivity index (χ2v) is 6.47. The fourth-order valence-electron chi connectivity index (χ4n) is 2.54. The number of hydrogen-bond acceptors (Lipinski definition) is 5. The third-order valence-electron chi connectivity index (χ3n) is 3.56. The molecule has 1 saturated carbocycles. The average Bonchev–Trinajstić information content (AvgIpc) is 2.37. The summed E-state index contributed by atoms with van der Waals surface area (Å²) < 4.78 is 5.26. The molecule has 1 aliphatic rings. The molecule has 0 heterocycles. The molecule has 1 rings (SSSR count). The van der Waals surface area contributed by atoms with Gasteiger partial charge in [-0.1, -0.05) is 19.3 Å². The Kier molecular flexibility index (Phi) is 5.58. The molecule has 21 heavy (non-hydrogen) atoms. The summed E-state index contributed by atoms with van der Waals surface area (Å²) in [4.78, 5) is 24.7. The molecule has 1 amide bonds. The molecule has 1 aliphatic carbocycles. The Morgan fingerprint density at radius 2 is 1.76 bits per heavy atom. The molecule has 0 spiro atoms. The highest BCUT2D eigenvalue weighted by molar-refractivity contribution is 5.83. The van der Waals surface area contributed by atoms with E-state index < -0.39 is 29.9 Å². The Morgan fingerprint density at radius 3 is 2.14 bits per heavy atom. The minimum absolute atomic E-state index is 0.377. The van der Waals surface area contributed by atoms with Crippen LogP contribution in [-0.4, -0.2) is 51.1 Å². The van der Waals surface area contributed by atoms with Crippen molar-refractivity contribution in [2.45, 2.75) is 70.2 Å². The van der Waals surface area contributed by atoms with Crippen LogP contribution in [0.5, 0.6) is 0 Å². The average molecular weight is 302 g/mol. The summed E-state index contributed by atoms with van der Waals surface area (Å²) in [5, 5.41) is 19.7. The number of hydrogen-bond donors (Lipinski definition) is 3. The Balaban J connectivity index is 3.09. The van der Waals surface area contributed by atoms with Crippen molar-refractivity contribution < 1.29 is 24.5 Å². The van der Waals surface area contributed by atoms with Crippen LogP contribution in [0, 0.1) is 0 Å². The van der Waals surface area contributed by atoms with Gasteiger partial charge in [-0.2, -0.15) is 0 Å². The van der Waals surface area contributed by atoms with Gasteiger partial charge in [-0.3, -0.25) is 4.90 Å². The Morgan fingerprint density at radius 1 is 1.24 bits per heavy atom. The monoisotopic (exact) mass is 302 g/mol. The van der Waals surface area contributed by atoms with E-state index in [1.165, 1.54) is 0 Å². The Labute approximate surface area is 125 Å². The molecule has 7 nitrogen and oxygen atoms in total. The lowest BCUT2D eigenvalue weighted by atomic mass is 9.92. The highest BCUT2D eigenvalue weighted by Gasteiger charge is 2.49. The van der Waals surface area contributed by atoms with Crippen LogP contribution in [0.2, 0.25) is 0 Å². The van der Waals surface area contributed by atoms with Gasteiger partial charge in [0.2, 0.25) is 0 Å². The first kappa shape index (κ1) is 17.7. The molecule has 0 radical (unpaired) electrons. The van der Waals surface area contributed by atoms with Gasteiger partial charge in [0.05, 0.1) is 6.54 Å². The van der Waals surface area contributed by atoms with Gasteiger partial charge < -0.3 is 20.7 Å². The number of carboxylic acid groups (broad SMARTS) is 1. The van der Waals surface area contributed by atoms with Crippen LogP contribution in [0.15, 0.2) is 0 Å². The number of rotatable bonds is 4. The van der Waals surface area contributed by atoms with Gasteiger partial charge in [0, 0.05) is 6.04 Å². The van der Waals surface area contributed by atoms with Gasteiger partial charge in [0.15, 0.2) is 0 Å². The van der Waals surface area contributed by atoms with Crippen LogP contribution in [0.3, 0.4) is 0 Å². The van der Waals surface area contributed by atoms with Crippen molar-refractivity contribution >= 4 is 12.1 Å². The summed E-state index contributed by atoms with van der Waals surface area (Å²) in [6.07, 6.45) is 3.22. The highest BCUT2D eigenvalue weighted by Crippen LogP contribution is 2.29. The summed E-state index contributed by atoms with van der Waals surface area (Å²) in [5.74, 6) is -1.54. The fourth-order valence-corrected chi connectivity index (χ4v) is 2.54. The van der Waals surface area contributed by atoms with Crippen LogP contribution in [-0.2, 0) is 9.53 Å². The third-order valence-corrected chi connectivity index (χ3v) is 3.56. The summed E-state index contributed by atoms with van der Waals surface area (Å²) in [6, 6.07) is -0.377. The number of ether oxygens (including phenoxy) is 1. The lowest BCUT2D eigenvalue weighted by Crippen LogP contribution is -2.65. The molecule has 1 fully saturated rings. The maximum Gasteiger partial charge on any atom is 0.413 e. The quantitative estimate of drug-likeness (QED) is 0.674. The topological polar surface area (TPSA) is 113 Å². The molecule has 0 saturated heterocycles. The normalized spacial score (nSPS) is 19.7. The minimum atomic E-state index is -2.44. The van der Waals surface area contributed by atoms with E-state index in [0.29, 0.717) is 12.8 Å². The molecular weight excluding hydrogens is 276 g/mol. The first-order chi connectivity index (χ1) is 9.62. The van der Waals surface area contributed by atoms with Crippen LogP contribution in [0.4, 0.5) is 4.79 Å². The van der Waals surface area contributed by atoms with E-state index in [-0.39, 0.29) is 6.04 Å². The van der Waals surface area contributed by atoms with Crippen LogP contribution in [0.25, 0.3) is 0 Å². The van der Waals surface area contributed by atoms with Gasteiger partial charge in [-0.05, 0) is 33.6 Å². The van der Waals surface area contributed by atoms with Gasteiger partial charge in [-0.15, -0.1) is 0 Å². The van der Waals surface area contributed by atoms with E-state index in [1.807, 2.05) is 0 Å². The lowest BCUT2D eigenvalue weighted by Gasteiger charge is -2.42. The van der Waals surface area contributed by atoms with Gasteiger partial charge in [-0.25, -0.2) is 9.59 Å². The zero-order valence-corrected chi connectivity index (χ0v) is 13.0. The summed E-state index contributed by atoms with van der Waals surface area (Å²) >= 11 is 0. The summed E-state index contributed by atoms with van der Waals surface area (Å²) in [5.41, 5.74) is 2.22. The highest BCUT2D eigenvalue weighted by atomic mass is 16.6. The van der Waals surface area contributed by atoms with Crippen LogP contribution in [0.1, 0.15) is 52.9 Å². The number of carbonyl (C=O) groups excluding carboxylic acids is 1. The Bertz CT molecular complexity index is 387. The largest absolute Gasteiger partial charge is 0.478 e. The van der Waals surface area contributed by atoms with Gasteiger partial charge >= 0.3 is 12.1 Å². The lowest BCUT2D eigenvalue weighted by molar-refractivity contribution is -0.183. The van der Waals surface area contributed by atoms with Crippen LogP contribution >= 0.6 is 0 Å². The molecule has 0 aromatic heterocycles. The van der Waals surface area contributed by atoms with E-state index in [9.17, 15) is 19.8 Å². The van der Waals surface area contributed by atoms with E-state index >= 15 is 0 Å². The third kappa shape index (κ3) is 4.31. The number of carbonyl (C=O) groups is 2. The molecular formula is C14H26N2O5. The first-order valence-corrected chi connectivity index (χ1v) is 7.30. The zero-order chi connectivity index (χ0) is 16.3. The first-order valence-electron chi connectivity index (χ1n) is 7.30. The molecule has 0 aliphatic heterocycles. The Hall–Kier alpha value is -1.34. The number of aliphatic hydroxyl groups is 1. The number of nitrogens with zero attached hydrogens (tertiary/aromatic N) is 1. The molecule has 0 unspecified atom stereocenters. The van der Waals surface area contributed by atoms with Crippen molar-refractivity contribution in [2.24, 2.45) is 5.73 Å². The predicted molar refractivity (Wildman–Crippen MR) is 76.6 cm³/mol. The van der Waals surface area contributed by atoms with E-state index in [2.05, 4.69) is 0 Å². The number of amides is 1. The maximum absolute atomic E-state index is 12.4. The van der Waals surface area contributed by atoms with E-state index in [4.69, 9.17) is 10.5 Å². The zero-order valence-electron chi connectivity index (χ0n) is 13.0. The number of carboxylic acids is 1. The van der Waals surface area contributed by atoms with Crippen molar-refractivity contribution in [3.8, 4) is 0 Å². The smallest absolute Gasteiger partial charge is 0.413 e. The SMILES string of the molecule is CC(C)(C)OC(=O)N(C1CCCCC1)[C@@](O)(CN)C(=O)O. The number of aliphatic carboxylic acids is 1. The van der Waals surface area contributed by atoms with Crippen LogP contribution < -0.4 is 5.73 Å². The summed E-state index contributed by atoms with van der Waals surface area (Å²) in [6.45, 7) is 4.47. The van der Waals surface area contributed by atoms with Gasteiger partial charge in [0.25, 0.3) is 5.72 Å². The molecule has 0 aromatic carbocycles. The minimum Gasteiger partial charge on any atom is -0.478 e.